The highest BCUT2D eigenvalue weighted by Gasteiger charge is 2.24. The van der Waals surface area contributed by atoms with Crippen LogP contribution in [-0.4, -0.2) is 11.5 Å². The smallest absolute Gasteiger partial charge is 0.113 e. The van der Waals surface area contributed by atoms with Crippen molar-refractivity contribution < 1.29 is 0 Å². The van der Waals surface area contributed by atoms with Crippen molar-refractivity contribution in [2.24, 2.45) is 0 Å². The van der Waals surface area contributed by atoms with Crippen LogP contribution in [-0.2, 0) is 5.41 Å². The minimum atomic E-state index is -0.477. The Labute approximate surface area is 95.2 Å². The molecular formula is C11H17N3S. The first-order valence-electron chi connectivity index (χ1n) is 5.11. The second-order valence-corrected chi connectivity index (χ2v) is 4.95. The van der Waals surface area contributed by atoms with Crippen LogP contribution in [0.15, 0.2) is 5.38 Å². The molecule has 0 bridgehead atoms. The van der Waals surface area contributed by atoms with E-state index >= 15 is 0 Å². The van der Waals surface area contributed by atoms with Gasteiger partial charge in [-0.15, -0.1) is 11.3 Å². The SMILES string of the molecule is CCNC(C)c1csc(C(C)(C)C#N)n1. The van der Waals surface area contributed by atoms with Gasteiger partial charge in [0.25, 0.3) is 0 Å². The molecule has 4 heteroatoms. The number of thiazole rings is 1. The van der Waals surface area contributed by atoms with Gasteiger partial charge in [0.05, 0.1) is 11.8 Å². The molecular weight excluding hydrogens is 206 g/mol. The van der Waals surface area contributed by atoms with E-state index in [9.17, 15) is 0 Å². The topological polar surface area (TPSA) is 48.7 Å². The molecule has 0 aliphatic rings. The zero-order chi connectivity index (χ0) is 11.5. The maximum atomic E-state index is 9.00. The van der Waals surface area contributed by atoms with E-state index in [4.69, 9.17) is 5.26 Å². The van der Waals surface area contributed by atoms with E-state index in [2.05, 4.69) is 30.2 Å². The van der Waals surface area contributed by atoms with Gasteiger partial charge >= 0.3 is 0 Å². The molecule has 1 aromatic rings. The van der Waals surface area contributed by atoms with Crippen molar-refractivity contribution in [1.29, 1.82) is 5.26 Å². The molecule has 15 heavy (non-hydrogen) atoms. The standard InChI is InChI=1S/C11H17N3S/c1-5-13-8(2)9-6-15-10(14-9)11(3,4)7-12/h6,8,13H,5H2,1-4H3. The summed E-state index contributed by atoms with van der Waals surface area (Å²) in [6.45, 7) is 8.88. The van der Waals surface area contributed by atoms with Gasteiger partial charge in [-0.05, 0) is 27.3 Å². The van der Waals surface area contributed by atoms with Crippen molar-refractivity contribution in [1.82, 2.24) is 10.3 Å². The Morgan fingerprint density at radius 2 is 2.33 bits per heavy atom. The van der Waals surface area contributed by atoms with Crippen molar-refractivity contribution in [2.45, 2.75) is 39.2 Å². The molecule has 1 rings (SSSR count). The van der Waals surface area contributed by atoms with Crippen LogP contribution in [0, 0.1) is 11.3 Å². The fourth-order valence-corrected chi connectivity index (χ4v) is 2.22. The lowest BCUT2D eigenvalue weighted by atomic mass is 9.97. The lowest BCUT2D eigenvalue weighted by Crippen LogP contribution is -2.19. The maximum absolute atomic E-state index is 9.00. The Hall–Kier alpha value is -0.920. The molecule has 1 aromatic heterocycles. The van der Waals surface area contributed by atoms with Crippen LogP contribution < -0.4 is 5.32 Å². The van der Waals surface area contributed by atoms with Crippen molar-refractivity contribution in [3.63, 3.8) is 0 Å². The predicted octanol–water partition coefficient (Wildman–Crippen LogP) is 2.61. The van der Waals surface area contributed by atoms with E-state index in [1.54, 1.807) is 11.3 Å². The molecule has 0 amide bonds. The molecule has 0 spiro atoms. The van der Waals surface area contributed by atoms with Crippen LogP contribution in [0.3, 0.4) is 0 Å². The van der Waals surface area contributed by atoms with Crippen LogP contribution >= 0.6 is 11.3 Å². The van der Waals surface area contributed by atoms with Gasteiger partial charge in [-0.1, -0.05) is 6.92 Å². The number of hydrogen-bond donors (Lipinski definition) is 1. The molecule has 0 saturated carbocycles. The normalized spacial score (nSPS) is 13.5. The van der Waals surface area contributed by atoms with Crippen molar-refractivity contribution in [2.75, 3.05) is 6.54 Å². The molecule has 1 N–H and O–H groups in total. The molecule has 1 heterocycles. The molecule has 1 unspecified atom stereocenters. The monoisotopic (exact) mass is 223 g/mol. The van der Waals surface area contributed by atoms with Gasteiger partial charge < -0.3 is 5.32 Å². The number of nitriles is 1. The summed E-state index contributed by atoms with van der Waals surface area (Å²) < 4.78 is 0. The summed E-state index contributed by atoms with van der Waals surface area (Å²) in [6, 6.07) is 2.53. The molecule has 0 radical (unpaired) electrons. The molecule has 0 aliphatic heterocycles. The van der Waals surface area contributed by atoms with Crippen molar-refractivity contribution in [3.05, 3.63) is 16.1 Å². The maximum Gasteiger partial charge on any atom is 0.113 e. The summed E-state index contributed by atoms with van der Waals surface area (Å²) in [5.74, 6) is 0. The van der Waals surface area contributed by atoms with Crippen LogP contribution in [0.5, 0.6) is 0 Å². The molecule has 82 valence electrons. The number of rotatable bonds is 4. The lowest BCUT2D eigenvalue weighted by molar-refractivity contribution is 0.579. The fourth-order valence-electron chi connectivity index (χ4n) is 1.23. The zero-order valence-corrected chi connectivity index (χ0v) is 10.5. The van der Waals surface area contributed by atoms with Crippen LogP contribution in [0.25, 0.3) is 0 Å². The minimum Gasteiger partial charge on any atom is -0.309 e. The molecule has 0 saturated heterocycles. The first kappa shape index (κ1) is 12.2. The molecule has 0 fully saturated rings. The van der Waals surface area contributed by atoms with E-state index in [1.807, 2.05) is 19.2 Å². The number of nitrogens with zero attached hydrogens (tertiary/aromatic N) is 2. The molecule has 3 nitrogen and oxygen atoms in total. The Balaban J connectivity index is 2.86. The highest BCUT2D eigenvalue weighted by molar-refractivity contribution is 7.09. The van der Waals surface area contributed by atoms with Crippen LogP contribution in [0.4, 0.5) is 0 Å². The van der Waals surface area contributed by atoms with E-state index in [-0.39, 0.29) is 6.04 Å². The van der Waals surface area contributed by atoms with Gasteiger partial charge in [-0.25, -0.2) is 4.98 Å². The van der Waals surface area contributed by atoms with Crippen LogP contribution in [0.1, 0.15) is 44.4 Å². The Kier molecular flexibility index (Phi) is 3.83. The fraction of sp³-hybridized carbons (Fsp3) is 0.636. The first-order chi connectivity index (χ1) is 7.01. The lowest BCUT2D eigenvalue weighted by Gasteiger charge is -2.11. The number of aromatic nitrogens is 1. The second-order valence-electron chi connectivity index (χ2n) is 4.09. The molecule has 1 atom stereocenters. The summed E-state index contributed by atoms with van der Waals surface area (Å²) in [7, 11) is 0. The summed E-state index contributed by atoms with van der Waals surface area (Å²) in [4.78, 5) is 4.50. The van der Waals surface area contributed by atoms with Gasteiger partial charge in [-0.3, -0.25) is 0 Å². The third-order valence-corrected chi connectivity index (χ3v) is 3.47. The van der Waals surface area contributed by atoms with Gasteiger partial charge in [0.2, 0.25) is 0 Å². The largest absolute Gasteiger partial charge is 0.309 e. The third kappa shape index (κ3) is 2.77. The summed E-state index contributed by atoms with van der Waals surface area (Å²) in [6.07, 6.45) is 0. The predicted molar refractivity (Wildman–Crippen MR) is 62.8 cm³/mol. The quantitative estimate of drug-likeness (QED) is 0.853. The number of nitrogens with one attached hydrogen (secondary N) is 1. The highest BCUT2D eigenvalue weighted by Crippen LogP contribution is 2.27. The van der Waals surface area contributed by atoms with Gasteiger partial charge in [0.1, 0.15) is 10.4 Å². The van der Waals surface area contributed by atoms with Crippen molar-refractivity contribution in [3.8, 4) is 6.07 Å². The zero-order valence-electron chi connectivity index (χ0n) is 9.66. The first-order valence-corrected chi connectivity index (χ1v) is 5.99. The molecule has 0 aromatic carbocycles. The third-order valence-electron chi connectivity index (χ3n) is 2.29. The number of hydrogen-bond acceptors (Lipinski definition) is 4. The molecule has 0 aliphatic carbocycles. The van der Waals surface area contributed by atoms with Crippen molar-refractivity contribution >= 4 is 11.3 Å². The Bertz CT molecular complexity index is 362. The summed E-state index contributed by atoms with van der Waals surface area (Å²) in [5.41, 5.74) is 0.551. The second kappa shape index (κ2) is 4.73. The van der Waals surface area contributed by atoms with E-state index < -0.39 is 5.41 Å². The minimum absolute atomic E-state index is 0.259. The highest BCUT2D eigenvalue weighted by atomic mass is 32.1. The van der Waals surface area contributed by atoms with Crippen LogP contribution in [0.2, 0.25) is 0 Å². The average molecular weight is 223 g/mol. The average Bonchev–Trinajstić information content (AvgIpc) is 2.67. The van der Waals surface area contributed by atoms with E-state index in [0.717, 1.165) is 17.2 Å². The summed E-state index contributed by atoms with van der Waals surface area (Å²) >= 11 is 1.56. The Morgan fingerprint density at radius 3 is 2.87 bits per heavy atom. The van der Waals surface area contributed by atoms with Gasteiger partial charge in [0.15, 0.2) is 0 Å². The van der Waals surface area contributed by atoms with Gasteiger partial charge in [-0.2, -0.15) is 5.26 Å². The van der Waals surface area contributed by atoms with E-state index in [0.29, 0.717) is 0 Å². The Morgan fingerprint density at radius 1 is 1.67 bits per heavy atom. The summed E-state index contributed by atoms with van der Waals surface area (Å²) in [5, 5.41) is 15.2. The van der Waals surface area contributed by atoms with Gasteiger partial charge in [0, 0.05) is 11.4 Å². The van der Waals surface area contributed by atoms with E-state index in [1.165, 1.54) is 0 Å².